The third-order valence-corrected chi connectivity index (χ3v) is 4.67. The summed E-state index contributed by atoms with van der Waals surface area (Å²) in [6.45, 7) is 9.05. The van der Waals surface area contributed by atoms with Gasteiger partial charge in [0.25, 0.3) is 5.56 Å². The summed E-state index contributed by atoms with van der Waals surface area (Å²) in [4.78, 5) is 21.9. The average molecular weight is 424 g/mol. The molecule has 3 N–H and O–H groups in total. The first-order valence-corrected chi connectivity index (χ1v) is 10.1. The molecule has 0 amide bonds. The first-order chi connectivity index (χ1) is 14.9. The van der Waals surface area contributed by atoms with Gasteiger partial charge in [0.1, 0.15) is 0 Å². The van der Waals surface area contributed by atoms with Crippen LogP contribution in [0.4, 0.5) is 0 Å². The maximum Gasteiger partial charge on any atom is 0.260 e. The molecule has 31 heavy (non-hydrogen) atoms. The molecule has 0 aliphatic carbocycles. The zero-order valence-corrected chi connectivity index (χ0v) is 18.8. The Bertz CT molecular complexity index is 973. The van der Waals surface area contributed by atoms with Crippen molar-refractivity contribution in [1.29, 1.82) is 0 Å². The standard InChI is InChI=1S/C15H19N.C10H14N2O3/c1-5-14(12(3)15(6-2)16-4)13-10-8-7-9-11-13;1-12-6-8(5-11-2-3-13)4-9(7-14)10(12)15/h5-11,16H,2H2,1,3-4H3;4,6-7,11,13H,2-3,5H2,1H3/b14-5+,15-12+;. The van der Waals surface area contributed by atoms with Gasteiger partial charge >= 0.3 is 0 Å². The lowest BCUT2D eigenvalue weighted by Crippen LogP contribution is -2.23. The van der Waals surface area contributed by atoms with E-state index in [1.54, 1.807) is 19.3 Å². The number of hydrogen-bond donors (Lipinski definition) is 3. The summed E-state index contributed by atoms with van der Waals surface area (Å²) >= 11 is 0. The number of aliphatic hydroxyl groups excluding tert-OH is 1. The quantitative estimate of drug-likeness (QED) is 0.328. The monoisotopic (exact) mass is 423 g/mol. The summed E-state index contributed by atoms with van der Waals surface area (Å²) < 4.78 is 1.37. The molecule has 0 radical (unpaired) electrons. The highest BCUT2D eigenvalue weighted by Crippen LogP contribution is 2.24. The summed E-state index contributed by atoms with van der Waals surface area (Å²) in [6.07, 6.45) is 6.20. The molecule has 0 bridgehead atoms. The normalized spacial score (nSPS) is 11.7. The molecule has 0 atom stereocenters. The van der Waals surface area contributed by atoms with E-state index in [1.165, 1.54) is 21.3 Å². The van der Waals surface area contributed by atoms with Crippen molar-refractivity contribution in [1.82, 2.24) is 15.2 Å². The first-order valence-electron chi connectivity index (χ1n) is 10.1. The van der Waals surface area contributed by atoms with Crippen molar-refractivity contribution >= 4 is 11.9 Å². The Balaban J connectivity index is 0.000000311. The summed E-state index contributed by atoms with van der Waals surface area (Å²) in [5.74, 6) is 0. The van der Waals surface area contributed by atoms with Crippen LogP contribution in [0.15, 0.2) is 77.4 Å². The molecule has 0 fully saturated rings. The highest BCUT2D eigenvalue weighted by atomic mass is 16.3. The van der Waals surface area contributed by atoms with Gasteiger partial charge in [-0.15, -0.1) is 0 Å². The molecule has 2 aromatic rings. The Morgan fingerprint density at radius 1 is 1.26 bits per heavy atom. The molecule has 2 rings (SSSR count). The Morgan fingerprint density at radius 3 is 2.45 bits per heavy atom. The van der Waals surface area contributed by atoms with Gasteiger partial charge in [-0.25, -0.2) is 0 Å². The van der Waals surface area contributed by atoms with Crippen molar-refractivity contribution in [2.24, 2.45) is 7.05 Å². The van der Waals surface area contributed by atoms with Gasteiger partial charge in [0.05, 0.1) is 12.2 Å². The van der Waals surface area contributed by atoms with E-state index < -0.39 is 0 Å². The highest BCUT2D eigenvalue weighted by Gasteiger charge is 2.05. The maximum absolute atomic E-state index is 11.4. The number of likely N-dealkylation sites (N-methyl/N-ethyl adjacent to an activating group) is 1. The Morgan fingerprint density at radius 2 is 1.94 bits per heavy atom. The number of carbonyl (C=O) groups is 1. The van der Waals surface area contributed by atoms with E-state index in [1.807, 2.05) is 19.2 Å². The third kappa shape index (κ3) is 7.85. The fourth-order valence-corrected chi connectivity index (χ4v) is 3.11. The van der Waals surface area contributed by atoms with E-state index >= 15 is 0 Å². The molecule has 1 heterocycles. The van der Waals surface area contributed by atoms with E-state index in [4.69, 9.17) is 5.11 Å². The predicted octanol–water partition coefficient (Wildman–Crippen LogP) is 3.05. The Hall–Kier alpha value is -3.22. The molecule has 0 aliphatic rings. The molecule has 0 saturated carbocycles. The highest BCUT2D eigenvalue weighted by molar-refractivity contribution is 5.79. The second-order valence-electron chi connectivity index (χ2n) is 6.80. The van der Waals surface area contributed by atoms with Crippen molar-refractivity contribution in [3.63, 3.8) is 0 Å². The van der Waals surface area contributed by atoms with Gasteiger partial charge in [-0.3, -0.25) is 9.59 Å². The average Bonchev–Trinajstić information content (AvgIpc) is 2.79. The summed E-state index contributed by atoms with van der Waals surface area (Å²) in [7, 11) is 3.52. The van der Waals surface area contributed by atoms with Crippen LogP contribution in [0.1, 0.15) is 35.3 Å². The summed E-state index contributed by atoms with van der Waals surface area (Å²) in [5.41, 5.74) is 5.45. The van der Waals surface area contributed by atoms with Gasteiger partial charge in [0.2, 0.25) is 0 Å². The molecule has 1 aromatic carbocycles. The number of pyridine rings is 1. The number of aldehydes is 1. The number of allylic oxidation sites excluding steroid dienone is 4. The topological polar surface area (TPSA) is 83.4 Å². The molecular formula is C25H33N3O3. The Labute approximate surface area is 184 Å². The van der Waals surface area contributed by atoms with Crippen molar-refractivity contribution in [2.75, 3.05) is 20.2 Å². The van der Waals surface area contributed by atoms with Crippen LogP contribution in [0.2, 0.25) is 0 Å². The van der Waals surface area contributed by atoms with Gasteiger partial charge in [-0.1, -0.05) is 43.0 Å². The number of nitrogens with one attached hydrogen (secondary N) is 2. The van der Waals surface area contributed by atoms with E-state index in [0.717, 1.165) is 11.3 Å². The van der Waals surface area contributed by atoms with Crippen LogP contribution in [0.3, 0.4) is 0 Å². The van der Waals surface area contributed by atoms with Crippen LogP contribution in [-0.4, -0.2) is 36.2 Å². The van der Waals surface area contributed by atoms with Gasteiger partial charge in [-0.2, -0.15) is 0 Å². The van der Waals surface area contributed by atoms with Crippen LogP contribution in [0.25, 0.3) is 5.57 Å². The number of hydrogen-bond acceptors (Lipinski definition) is 5. The van der Waals surface area contributed by atoms with Crippen molar-refractivity contribution < 1.29 is 9.90 Å². The lowest BCUT2D eigenvalue weighted by atomic mass is 9.97. The lowest BCUT2D eigenvalue weighted by Gasteiger charge is -2.12. The van der Waals surface area contributed by atoms with Gasteiger partial charge in [0, 0.05) is 39.1 Å². The van der Waals surface area contributed by atoms with Crippen molar-refractivity contribution in [3.8, 4) is 0 Å². The van der Waals surface area contributed by atoms with E-state index in [2.05, 4.69) is 61.4 Å². The van der Waals surface area contributed by atoms with Crippen LogP contribution in [0, 0.1) is 0 Å². The van der Waals surface area contributed by atoms with Crippen LogP contribution < -0.4 is 16.2 Å². The number of aromatic nitrogens is 1. The lowest BCUT2D eigenvalue weighted by molar-refractivity contribution is 0.112. The van der Waals surface area contributed by atoms with Gasteiger partial charge < -0.3 is 20.3 Å². The molecule has 166 valence electrons. The smallest absolute Gasteiger partial charge is 0.260 e. The predicted molar refractivity (Wildman–Crippen MR) is 128 cm³/mol. The van der Waals surface area contributed by atoms with Crippen molar-refractivity contribution in [2.45, 2.75) is 20.4 Å². The molecule has 0 saturated heterocycles. The van der Waals surface area contributed by atoms with E-state index in [-0.39, 0.29) is 17.7 Å². The Kier molecular flexibility index (Phi) is 11.6. The summed E-state index contributed by atoms with van der Waals surface area (Å²) in [5, 5.41) is 14.7. The van der Waals surface area contributed by atoms with Crippen LogP contribution >= 0.6 is 0 Å². The van der Waals surface area contributed by atoms with Crippen LogP contribution in [0.5, 0.6) is 0 Å². The minimum Gasteiger partial charge on any atom is -0.395 e. The number of rotatable bonds is 9. The number of aryl methyl sites for hydroxylation is 1. The van der Waals surface area contributed by atoms with Crippen molar-refractivity contribution in [3.05, 3.63) is 99.6 Å². The number of benzene rings is 1. The number of aliphatic hydroxyl groups is 1. The molecule has 0 aliphatic heterocycles. The van der Waals surface area contributed by atoms with Gasteiger partial charge in [0.15, 0.2) is 6.29 Å². The summed E-state index contributed by atoms with van der Waals surface area (Å²) in [6, 6.07) is 11.9. The van der Waals surface area contributed by atoms with Crippen LogP contribution in [-0.2, 0) is 13.6 Å². The van der Waals surface area contributed by atoms with E-state index in [9.17, 15) is 9.59 Å². The molecular weight excluding hydrogens is 390 g/mol. The second kappa shape index (κ2) is 13.9. The zero-order valence-electron chi connectivity index (χ0n) is 18.8. The largest absolute Gasteiger partial charge is 0.395 e. The molecule has 6 nitrogen and oxygen atoms in total. The second-order valence-corrected chi connectivity index (χ2v) is 6.80. The minimum absolute atomic E-state index is 0.0618. The molecule has 0 spiro atoms. The minimum atomic E-state index is -0.295. The third-order valence-electron chi connectivity index (χ3n) is 4.67. The fraction of sp³-hybridized carbons (Fsp3) is 0.280. The molecule has 0 unspecified atom stereocenters. The van der Waals surface area contributed by atoms with E-state index in [0.29, 0.717) is 19.4 Å². The number of nitrogens with zero attached hydrogens (tertiary/aromatic N) is 1. The SMILES string of the molecule is C=C/C(NC)=C(C)\C(=C/C)c1ccccc1.Cn1cc(CNCCO)cc(C=O)c1=O. The number of carbonyl (C=O) groups excluding carboxylic acids is 1. The molecule has 6 heteroatoms. The maximum atomic E-state index is 11.4. The fourth-order valence-electron chi connectivity index (χ4n) is 3.11. The first kappa shape index (κ1) is 25.8. The zero-order chi connectivity index (χ0) is 23.2. The van der Waals surface area contributed by atoms with Gasteiger partial charge in [-0.05, 0) is 48.3 Å². The molecule has 1 aromatic heterocycles.